The van der Waals surface area contributed by atoms with Gasteiger partial charge in [0.05, 0.1) is 26.1 Å². The summed E-state index contributed by atoms with van der Waals surface area (Å²) < 4.78 is 10.3. The predicted octanol–water partition coefficient (Wildman–Crippen LogP) is 6.01. The Labute approximate surface area is 169 Å². The molecule has 0 saturated heterocycles. The maximum Gasteiger partial charge on any atom is 0.306 e. The first-order chi connectivity index (χ1) is 12.7. The van der Waals surface area contributed by atoms with E-state index in [0.717, 1.165) is 63.1 Å². The van der Waals surface area contributed by atoms with Crippen molar-refractivity contribution >= 4 is 35.1 Å². The first-order valence-corrected chi connectivity index (χ1v) is 11.2. The van der Waals surface area contributed by atoms with Crippen LogP contribution >= 0.6 is 23.2 Å². The Hall–Kier alpha value is -0.480. The van der Waals surface area contributed by atoms with E-state index in [4.69, 9.17) is 32.7 Å². The molecule has 0 N–H and O–H groups in total. The van der Waals surface area contributed by atoms with Crippen molar-refractivity contribution in [1.82, 2.24) is 0 Å². The minimum Gasteiger partial charge on any atom is -0.466 e. The van der Waals surface area contributed by atoms with Gasteiger partial charge in [-0.3, -0.25) is 9.59 Å². The van der Waals surface area contributed by atoms with Crippen LogP contribution in [0, 0.1) is 0 Å². The third-order valence-electron chi connectivity index (χ3n) is 4.12. The van der Waals surface area contributed by atoms with Crippen LogP contribution < -0.4 is 0 Å². The fraction of sp³-hybridized carbons (Fsp3) is 0.900. The summed E-state index contributed by atoms with van der Waals surface area (Å²) in [7, 11) is 0. The number of esters is 2. The monoisotopic (exact) mass is 410 g/mol. The number of rotatable bonds is 19. The quantitative estimate of drug-likeness (QED) is 0.148. The van der Waals surface area contributed by atoms with Gasteiger partial charge in [-0.2, -0.15) is 0 Å². The molecular formula is C20H36Cl2O4. The number of hydrogen-bond donors (Lipinski definition) is 0. The van der Waals surface area contributed by atoms with Gasteiger partial charge in [0.1, 0.15) is 0 Å². The minimum absolute atomic E-state index is 0.104. The summed E-state index contributed by atoms with van der Waals surface area (Å²) in [6, 6.07) is 0. The highest BCUT2D eigenvalue weighted by Gasteiger charge is 2.09. The second-order valence-corrected chi connectivity index (χ2v) is 7.32. The molecule has 0 bridgehead atoms. The highest BCUT2D eigenvalue weighted by atomic mass is 35.5. The van der Waals surface area contributed by atoms with Crippen LogP contribution in [0.25, 0.3) is 0 Å². The van der Waals surface area contributed by atoms with Crippen LogP contribution in [0.1, 0.15) is 89.9 Å². The minimum atomic E-state index is -0.316. The molecule has 154 valence electrons. The highest BCUT2D eigenvalue weighted by Crippen LogP contribution is 2.08. The molecule has 0 radical (unpaired) electrons. The number of carbonyl (C=O) groups is 2. The van der Waals surface area contributed by atoms with E-state index in [2.05, 4.69) is 0 Å². The van der Waals surface area contributed by atoms with Crippen LogP contribution in [0.2, 0.25) is 0 Å². The normalized spacial score (nSPS) is 10.7. The Morgan fingerprint density at radius 1 is 0.500 bits per heavy atom. The van der Waals surface area contributed by atoms with E-state index < -0.39 is 0 Å². The summed E-state index contributed by atoms with van der Waals surface area (Å²) in [6.07, 6.45) is 13.2. The first-order valence-electron chi connectivity index (χ1n) is 10.1. The Balaban J connectivity index is 3.33. The molecule has 0 spiro atoms. The van der Waals surface area contributed by atoms with E-state index in [1.807, 2.05) is 0 Å². The van der Waals surface area contributed by atoms with Crippen molar-refractivity contribution in [3.05, 3.63) is 0 Å². The van der Waals surface area contributed by atoms with Gasteiger partial charge in [-0.25, -0.2) is 0 Å². The van der Waals surface area contributed by atoms with Gasteiger partial charge in [-0.1, -0.05) is 51.4 Å². The lowest BCUT2D eigenvalue weighted by atomic mass is 10.1. The molecule has 4 nitrogen and oxygen atoms in total. The van der Waals surface area contributed by atoms with Crippen molar-refractivity contribution in [2.75, 3.05) is 25.0 Å². The van der Waals surface area contributed by atoms with Gasteiger partial charge in [-0.05, 0) is 25.7 Å². The maximum absolute atomic E-state index is 11.6. The Kier molecular flexibility index (Phi) is 20.4. The number of hydrogen-bond acceptors (Lipinski definition) is 4. The molecular weight excluding hydrogens is 375 g/mol. The van der Waals surface area contributed by atoms with E-state index in [9.17, 15) is 9.59 Å². The number of unbranched alkanes of at least 4 members (excludes halogenated alkanes) is 10. The van der Waals surface area contributed by atoms with Gasteiger partial charge in [0.15, 0.2) is 0 Å². The third-order valence-corrected chi connectivity index (χ3v) is 4.65. The lowest BCUT2D eigenvalue weighted by Crippen LogP contribution is -2.11. The molecule has 0 rings (SSSR count). The van der Waals surface area contributed by atoms with Crippen LogP contribution in [0.4, 0.5) is 0 Å². The summed E-state index contributed by atoms with van der Waals surface area (Å²) in [5.41, 5.74) is 0. The van der Waals surface area contributed by atoms with Crippen molar-refractivity contribution in [3.63, 3.8) is 0 Å². The van der Waals surface area contributed by atoms with Gasteiger partial charge < -0.3 is 9.47 Å². The smallest absolute Gasteiger partial charge is 0.306 e. The standard InChI is InChI=1S/C20H36Cl2O4/c21-15-9-5-1-3-7-11-17-25-19(23)13-14-20(24)26-18-12-8-4-2-6-10-16-22/h1-18H2. The number of ether oxygens (including phenoxy) is 2. The zero-order chi connectivity index (χ0) is 19.3. The zero-order valence-electron chi connectivity index (χ0n) is 16.1. The lowest BCUT2D eigenvalue weighted by molar-refractivity contribution is -0.150. The second kappa shape index (κ2) is 20.8. The topological polar surface area (TPSA) is 52.6 Å². The highest BCUT2D eigenvalue weighted by molar-refractivity contribution is 6.18. The molecule has 6 heteroatoms. The molecule has 0 saturated carbocycles. The average molecular weight is 411 g/mol. The van der Waals surface area contributed by atoms with Crippen molar-refractivity contribution in [2.24, 2.45) is 0 Å². The maximum atomic E-state index is 11.6. The van der Waals surface area contributed by atoms with Gasteiger partial charge >= 0.3 is 11.9 Å². The largest absolute Gasteiger partial charge is 0.466 e. The molecule has 0 aromatic carbocycles. The predicted molar refractivity (Wildman–Crippen MR) is 108 cm³/mol. The van der Waals surface area contributed by atoms with E-state index in [-0.39, 0.29) is 24.8 Å². The molecule has 0 unspecified atom stereocenters. The molecule has 0 aliphatic carbocycles. The molecule has 0 fully saturated rings. The van der Waals surface area contributed by atoms with Gasteiger partial charge in [0, 0.05) is 11.8 Å². The molecule has 0 heterocycles. The SMILES string of the molecule is O=C(CCC(=O)OCCCCCCCCCl)OCCCCCCCCCl. The average Bonchev–Trinajstić information content (AvgIpc) is 2.64. The van der Waals surface area contributed by atoms with Gasteiger partial charge in [0.2, 0.25) is 0 Å². The van der Waals surface area contributed by atoms with Crippen molar-refractivity contribution in [3.8, 4) is 0 Å². The van der Waals surface area contributed by atoms with Crippen LogP contribution in [-0.4, -0.2) is 36.9 Å². The number of carbonyl (C=O) groups excluding carboxylic acids is 2. The van der Waals surface area contributed by atoms with Crippen molar-refractivity contribution in [1.29, 1.82) is 0 Å². The van der Waals surface area contributed by atoms with E-state index in [0.29, 0.717) is 13.2 Å². The van der Waals surface area contributed by atoms with Crippen molar-refractivity contribution in [2.45, 2.75) is 89.9 Å². The molecule has 0 aromatic heterocycles. The van der Waals surface area contributed by atoms with Crippen molar-refractivity contribution < 1.29 is 19.1 Å². The molecule has 0 aliphatic heterocycles. The molecule has 26 heavy (non-hydrogen) atoms. The summed E-state index contributed by atoms with van der Waals surface area (Å²) in [6.45, 7) is 0.875. The third kappa shape index (κ3) is 19.8. The lowest BCUT2D eigenvalue weighted by Gasteiger charge is -2.06. The van der Waals surface area contributed by atoms with Crippen LogP contribution in [-0.2, 0) is 19.1 Å². The van der Waals surface area contributed by atoms with Crippen LogP contribution in [0.15, 0.2) is 0 Å². The molecule has 0 aliphatic rings. The molecule has 0 aromatic rings. The first kappa shape index (κ1) is 25.5. The summed E-state index contributed by atoms with van der Waals surface area (Å²) >= 11 is 11.2. The number of alkyl halides is 2. The summed E-state index contributed by atoms with van der Waals surface area (Å²) in [5, 5.41) is 0. The fourth-order valence-corrected chi connectivity index (χ4v) is 2.91. The van der Waals surface area contributed by atoms with E-state index in [1.165, 1.54) is 25.7 Å². The Bertz CT molecular complexity index is 306. The molecule has 0 amide bonds. The van der Waals surface area contributed by atoms with E-state index >= 15 is 0 Å². The van der Waals surface area contributed by atoms with Gasteiger partial charge in [0.25, 0.3) is 0 Å². The van der Waals surface area contributed by atoms with Crippen LogP contribution in [0.3, 0.4) is 0 Å². The zero-order valence-corrected chi connectivity index (χ0v) is 17.6. The fourth-order valence-electron chi connectivity index (χ4n) is 2.53. The number of halogens is 2. The Morgan fingerprint density at radius 3 is 1.15 bits per heavy atom. The summed E-state index contributed by atoms with van der Waals surface area (Å²) in [5.74, 6) is 0.830. The van der Waals surface area contributed by atoms with Crippen LogP contribution in [0.5, 0.6) is 0 Å². The van der Waals surface area contributed by atoms with Gasteiger partial charge in [-0.15, -0.1) is 23.2 Å². The second-order valence-electron chi connectivity index (χ2n) is 6.56. The molecule has 0 atom stereocenters. The van der Waals surface area contributed by atoms with E-state index in [1.54, 1.807) is 0 Å². The Morgan fingerprint density at radius 2 is 0.808 bits per heavy atom. The summed E-state index contributed by atoms with van der Waals surface area (Å²) in [4.78, 5) is 23.1.